The molecule has 0 N–H and O–H groups in total. The Morgan fingerprint density at radius 1 is 1.00 bits per heavy atom. The number of nitrogens with zero attached hydrogens (tertiary/aromatic N) is 2. The van der Waals surface area contributed by atoms with Gasteiger partial charge >= 0.3 is 29.6 Å². The van der Waals surface area contributed by atoms with Crippen molar-refractivity contribution in [2.45, 2.75) is 0 Å². The molecule has 2 nitrogen and oxygen atoms in total. The van der Waals surface area contributed by atoms with E-state index in [1.165, 1.54) is 6.33 Å². The SMILES string of the molecule is [Na+].c1cncnc1. The smallest absolute Gasteiger partial charge is 0.245 e. The molecule has 0 fully saturated rings. The van der Waals surface area contributed by atoms with Crippen molar-refractivity contribution in [3.8, 4) is 0 Å². The second kappa shape index (κ2) is 4.24. The summed E-state index contributed by atoms with van der Waals surface area (Å²) in [7, 11) is 0. The molecule has 1 rings (SSSR count). The minimum atomic E-state index is 0. The molecule has 0 radical (unpaired) electrons. The fraction of sp³-hybridized carbons (Fsp3) is 0. The molecule has 0 aliphatic rings. The molecule has 0 bridgehead atoms. The third kappa shape index (κ3) is 2.74. The molecule has 1 aromatic heterocycles. The van der Waals surface area contributed by atoms with Gasteiger partial charge in [0.25, 0.3) is 0 Å². The van der Waals surface area contributed by atoms with Gasteiger partial charge in [0.15, 0.2) is 0 Å². The van der Waals surface area contributed by atoms with Gasteiger partial charge in [0, 0.05) is 12.4 Å². The van der Waals surface area contributed by atoms with Crippen LogP contribution in [-0.4, -0.2) is 9.97 Å². The molecule has 0 unspecified atom stereocenters. The summed E-state index contributed by atoms with van der Waals surface area (Å²) in [6.07, 6.45) is 4.88. The van der Waals surface area contributed by atoms with Crippen molar-refractivity contribution in [1.82, 2.24) is 9.97 Å². The zero-order chi connectivity index (χ0) is 4.24. The van der Waals surface area contributed by atoms with Gasteiger partial charge in [-0.1, -0.05) is 0 Å². The predicted molar refractivity (Wildman–Crippen MR) is 22.0 cm³/mol. The molecule has 30 valence electrons. The zero-order valence-electron chi connectivity index (χ0n) is 4.20. The van der Waals surface area contributed by atoms with Crippen LogP contribution in [0.2, 0.25) is 0 Å². The molecule has 0 spiro atoms. The first-order chi connectivity index (χ1) is 3.00. The second-order valence-electron chi connectivity index (χ2n) is 0.904. The van der Waals surface area contributed by atoms with Crippen LogP contribution in [0.1, 0.15) is 0 Å². The van der Waals surface area contributed by atoms with Gasteiger partial charge in [-0.25, -0.2) is 9.97 Å². The molecule has 0 aromatic carbocycles. The van der Waals surface area contributed by atoms with Crippen LogP contribution in [0.3, 0.4) is 0 Å². The van der Waals surface area contributed by atoms with Gasteiger partial charge in [-0.2, -0.15) is 0 Å². The van der Waals surface area contributed by atoms with E-state index in [4.69, 9.17) is 0 Å². The van der Waals surface area contributed by atoms with Gasteiger partial charge in [-0.3, -0.25) is 0 Å². The minimum Gasteiger partial charge on any atom is -0.245 e. The molecule has 0 aliphatic heterocycles. The van der Waals surface area contributed by atoms with Gasteiger partial charge < -0.3 is 0 Å². The van der Waals surface area contributed by atoms with Crippen molar-refractivity contribution in [2.75, 3.05) is 0 Å². The number of rotatable bonds is 0. The van der Waals surface area contributed by atoms with Crippen LogP contribution in [-0.2, 0) is 0 Å². The summed E-state index contributed by atoms with van der Waals surface area (Å²) < 4.78 is 0. The van der Waals surface area contributed by atoms with Gasteiger partial charge in [0.1, 0.15) is 6.33 Å². The van der Waals surface area contributed by atoms with Crippen LogP contribution < -0.4 is 29.6 Å². The fourth-order valence-corrected chi connectivity index (χ4v) is 0.253. The van der Waals surface area contributed by atoms with Crippen molar-refractivity contribution in [1.29, 1.82) is 0 Å². The number of hydrogen-bond acceptors (Lipinski definition) is 2. The van der Waals surface area contributed by atoms with Crippen LogP contribution >= 0.6 is 0 Å². The summed E-state index contributed by atoms with van der Waals surface area (Å²) >= 11 is 0. The second-order valence-corrected chi connectivity index (χ2v) is 0.904. The van der Waals surface area contributed by atoms with Crippen molar-refractivity contribution < 1.29 is 29.6 Å². The Morgan fingerprint density at radius 2 is 1.57 bits per heavy atom. The fourth-order valence-electron chi connectivity index (χ4n) is 0.253. The summed E-state index contributed by atoms with van der Waals surface area (Å²) in [6, 6.07) is 1.78. The maximum Gasteiger partial charge on any atom is 1.00 e. The number of hydrogen-bond donors (Lipinski definition) is 0. The van der Waals surface area contributed by atoms with E-state index in [9.17, 15) is 0 Å². The van der Waals surface area contributed by atoms with Gasteiger partial charge in [-0.15, -0.1) is 0 Å². The van der Waals surface area contributed by atoms with E-state index in [1.54, 1.807) is 18.5 Å². The van der Waals surface area contributed by atoms with E-state index >= 15 is 0 Å². The van der Waals surface area contributed by atoms with E-state index in [0.717, 1.165) is 0 Å². The first-order valence-electron chi connectivity index (χ1n) is 1.70. The van der Waals surface area contributed by atoms with Crippen LogP contribution in [0.25, 0.3) is 0 Å². The van der Waals surface area contributed by atoms with Crippen LogP contribution in [0.15, 0.2) is 24.8 Å². The average Bonchev–Trinajstić information content (AvgIpc) is 1.72. The molecule has 7 heavy (non-hydrogen) atoms. The Hall–Kier alpha value is 0.0800. The molecule has 0 saturated carbocycles. The average molecular weight is 103 g/mol. The monoisotopic (exact) mass is 103 g/mol. The summed E-state index contributed by atoms with van der Waals surface area (Å²) in [4.78, 5) is 7.35. The largest absolute Gasteiger partial charge is 1.00 e. The van der Waals surface area contributed by atoms with Crippen LogP contribution in [0.4, 0.5) is 0 Å². The molecule has 1 heterocycles. The van der Waals surface area contributed by atoms with E-state index < -0.39 is 0 Å². The molecule has 0 atom stereocenters. The van der Waals surface area contributed by atoms with Crippen molar-refractivity contribution in [2.24, 2.45) is 0 Å². The first kappa shape index (κ1) is 7.08. The van der Waals surface area contributed by atoms with E-state index in [-0.39, 0.29) is 29.6 Å². The quantitative estimate of drug-likeness (QED) is 0.339. The summed E-state index contributed by atoms with van der Waals surface area (Å²) in [5, 5.41) is 0. The summed E-state index contributed by atoms with van der Waals surface area (Å²) in [5.41, 5.74) is 0. The van der Waals surface area contributed by atoms with Gasteiger partial charge in [-0.05, 0) is 6.07 Å². The van der Waals surface area contributed by atoms with Crippen LogP contribution in [0, 0.1) is 0 Å². The Bertz CT molecular complexity index is 81.6. The predicted octanol–water partition coefficient (Wildman–Crippen LogP) is -2.52. The Labute approximate surface area is 64.3 Å². The molecule has 0 aliphatic carbocycles. The Kier molecular flexibility index (Phi) is 4.29. The standard InChI is InChI=1S/C4H4N2.Na/c1-2-5-4-6-3-1;/h1-4H;/q;+1. The van der Waals surface area contributed by atoms with E-state index in [1.807, 2.05) is 0 Å². The van der Waals surface area contributed by atoms with Gasteiger partial charge in [0.05, 0.1) is 0 Å². The maximum absolute atomic E-state index is 3.67. The maximum atomic E-state index is 3.67. The Morgan fingerprint density at radius 3 is 1.71 bits per heavy atom. The molecular formula is C4H4N2Na+. The molecule has 0 amide bonds. The zero-order valence-corrected chi connectivity index (χ0v) is 6.20. The normalized spacial score (nSPS) is 6.86. The summed E-state index contributed by atoms with van der Waals surface area (Å²) in [5.74, 6) is 0. The third-order valence-electron chi connectivity index (χ3n) is 0.478. The van der Waals surface area contributed by atoms with Gasteiger partial charge in [0.2, 0.25) is 0 Å². The molecule has 1 aromatic rings. The van der Waals surface area contributed by atoms with Crippen molar-refractivity contribution >= 4 is 0 Å². The van der Waals surface area contributed by atoms with Crippen molar-refractivity contribution in [3.63, 3.8) is 0 Å². The summed E-state index contributed by atoms with van der Waals surface area (Å²) in [6.45, 7) is 0. The number of aromatic nitrogens is 2. The molecule has 3 heteroatoms. The minimum absolute atomic E-state index is 0. The molecule has 0 saturated heterocycles. The molecular weight excluding hydrogens is 99.0 g/mol. The van der Waals surface area contributed by atoms with E-state index in [2.05, 4.69) is 9.97 Å². The van der Waals surface area contributed by atoms with Crippen molar-refractivity contribution in [3.05, 3.63) is 24.8 Å². The third-order valence-corrected chi connectivity index (χ3v) is 0.478. The van der Waals surface area contributed by atoms with Crippen LogP contribution in [0.5, 0.6) is 0 Å². The van der Waals surface area contributed by atoms with E-state index in [0.29, 0.717) is 0 Å². The topological polar surface area (TPSA) is 25.8 Å². The Balaban J connectivity index is 0.000000360. The first-order valence-corrected chi connectivity index (χ1v) is 1.70.